The highest BCUT2D eigenvalue weighted by Crippen LogP contribution is 2.39. The number of aliphatic imine (C=N–C) groups is 1. The predicted molar refractivity (Wildman–Crippen MR) is 126 cm³/mol. The largest absolute Gasteiger partial charge is 0.493 e. The summed E-state index contributed by atoms with van der Waals surface area (Å²) in [7, 11) is 1.57. The van der Waals surface area contributed by atoms with Crippen molar-refractivity contribution in [1.82, 2.24) is 4.90 Å². The molecule has 0 saturated heterocycles. The molecular formula is C26H32N2O3. The second-order valence-electron chi connectivity index (χ2n) is 8.70. The van der Waals surface area contributed by atoms with E-state index in [0.717, 1.165) is 23.5 Å². The first-order valence-electron chi connectivity index (χ1n) is 10.8. The second-order valence-corrected chi connectivity index (χ2v) is 8.70. The highest BCUT2D eigenvalue weighted by atomic mass is 16.5. The van der Waals surface area contributed by atoms with E-state index in [9.17, 15) is 4.79 Å². The summed E-state index contributed by atoms with van der Waals surface area (Å²) in [6, 6.07) is 13.6. The maximum atomic E-state index is 13.2. The van der Waals surface area contributed by atoms with Crippen molar-refractivity contribution < 1.29 is 14.3 Å². The maximum absolute atomic E-state index is 13.2. The Morgan fingerprint density at radius 2 is 1.71 bits per heavy atom. The molecule has 2 aliphatic rings. The summed E-state index contributed by atoms with van der Waals surface area (Å²) < 4.78 is 11.3. The fraction of sp³-hybridized carbons (Fsp3) is 0.385. The average Bonchev–Trinajstić information content (AvgIpc) is 3.11. The van der Waals surface area contributed by atoms with Gasteiger partial charge in [-0.1, -0.05) is 51.1 Å². The molecule has 2 heterocycles. The second kappa shape index (κ2) is 9.82. The normalized spacial score (nSPS) is 16.9. The zero-order valence-electron chi connectivity index (χ0n) is 19.3. The van der Waals surface area contributed by atoms with Gasteiger partial charge < -0.3 is 14.4 Å². The van der Waals surface area contributed by atoms with Crippen LogP contribution in [0.2, 0.25) is 0 Å². The van der Waals surface area contributed by atoms with Crippen LogP contribution in [0.25, 0.3) is 5.57 Å². The molecule has 1 amide bonds. The predicted octanol–water partition coefficient (Wildman–Crippen LogP) is 6.12. The molecular weight excluding hydrogens is 388 g/mol. The van der Waals surface area contributed by atoms with Crippen molar-refractivity contribution in [3.05, 3.63) is 59.8 Å². The number of rotatable bonds is 4. The van der Waals surface area contributed by atoms with Crippen LogP contribution in [0.5, 0.6) is 11.5 Å². The molecule has 0 bridgehead atoms. The first kappa shape index (κ1) is 22.6. The van der Waals surface area contributed by atoms with Crippen molar-refractivity contribution in [3.8, 4) is 11.5 Å². The van der Waals surface area contributed by atoms with Gasteiger partial charge in [0.25, 0.3) is 5.91 Å². The highest BCUT2D eigenvalue weighted by molar-refractivity contribution is 6.05. The van der Waals surface area contributed by atoms with Crippen LogP contribution in [0.4, 0.5) is 5.69 Å². The van der Waals surface area contributed by atoms with Crippen molar-refractivity contribution in [3.63, 3.8) is 0 Å². The van der Waals surface area contributed by atoms with E-state index in [-0.39, 0.29) is 18.1 Å². The third kappa shape index (κ3) is 5.35. The van der Waals surface area contributed by atoms with Crippen LogP contribution in [-0.4, -0.2) is 36.3 Å². The number of fused-ring (bicyclic) bond motifs is 2. The summed E-state index contributed by atoms with van der Waals surface area (Å²) >= 11 is 0. The Morgan fingerprint density at radius 3 is 2.32 bits per heavy atom. The molecule has 1 atom stereocenters. The molecule has 5 heteroatoms. The summed E-state index contributed by atoms with van der Waals surface area (Å²) in [6.07, 6.45) is 4.54. The third-order valence-corrected chi connectivity index (χ3v) is 4.72. The standard InChI is InChI=1S/C22H22N2O3.C4H10/c1-14(2)27-21-11-19-18(10-20(21)26-3)22(25)24-13-16(9-17(24)12-23-19)15-7-5-4-6-8-15;1-4(2)3/h4-8,10-14,17H,9H2,1-3H3;4H,1-3H3. The molecule has 2 aliphatic heterocycles. The van der Waals surface area contributed by atoms with Crippen LogP contribution >= 0.6 is 0 Å². The number of hydrogen-bond acceptors (Lipinski definition) is 4. The van der Waals surface area contributed by atoms with Crippen molar-refractivity contribution in [2.75, 3.05) is 7.11 Å². The SMILES string of the molecule is CC(C)C.COc1cc2c(cc1OC(C)C)N=CC1CC(c3ccccc3)=CN1C2=O. The van der Waals surface area contributed by atoms with Crippen LogP contribution in [0.1, 0.15) is 57.0 Å². The molecule has 164 valence electrons. The van der Waals surface area contributed by atoms with Crippen LogP contribution in [0.3, 0.4) is 0 Å². The minimum absolute atomic E-state index is 0.00176. The Morgan fingerprint density at radius 1 is 1.03 bits per heavy atom. The molecule has 0 aromatic heterocycles. The molecule has 0 fully saturated rings. The molecule has 0 aliphatic carbocycles. The fourth-order valence-electron chi connectivity index (χ4n) is 3.46. The summed E-state index contributed by atoms with van der Waals surface area (Å²) in [6.45, 7) is 10.4. The zero-order valence-corrected chi connectivity index (χ0v) is 19.3. The van der Waals surface area contributed by atoms with Gasteiger partial charge in [-0.25, -0.2) is 0 Å². The average molecular weight is 421 g/mol. The number of hydrogen-bond donors (Lipinski definition) is 0. The lowest BCUT2D eigenvalue weighted by atomic mass is 10.0. The minimum Gasteiger partial charge on any atom is -0.493 e. The summed E-state index contributed by atoms with van der Waals surface area (Å²) in [5.41, 5.74) is 3.40. The minimum atomic E-state index is -0.0828. The van der Waals surface area contributed by atoms with Crippen LogP contribution in [0.15, 0.2) is 53.7 Å². The summed E-state index contributed by atoms with van der Waals surface area (Å²) in [5, 5.41) is 0. The van der Waals surface area contributed by atoms with Gasteiger partial charge in [0.2, 0.25) is 0 Å². The number of methoxy groups -OCH3 is 1. The van der Waals surface area contributed by atoms with Gasteiger partial charge in [0.05, 0.1) is 30.5 Å². The fourth-order valence-corrected chi connectivity index (χ4v) is 3.46. The third-order valence-electron chi connectivity index (χ3n) is 4.72. The van der Waals surface area contributed by atoms with Gasteiger partial charge in [-0.3, -0.25) is 9.79 Å². The lowest BCUT2D eigenvalue weighted by Crippen LogP contribution is -2.32. The van der Waals surface area contributed by atoms with E-state index in [4.69, 9.17) is 9.47 Å². The van der Waals surface area contributed by atoms with Crippen LogP contribution < -0.4 is 9.47 Å². The Labute approximate surface area is 185 Å². The first-order chi connectivity index (χ1) is 14.8. The first-order valence-corrected chi connectivity index (χ1v) is 10.8. The number of nitrogens with zero attached hydrogens (tertiary/aromatic N) is 2. The highest BCUT2D eigenvalue weighted by Gasteiger charge is 2.33. The lowest BCUT2D eigenvalue weighted by Gasteiger charge is -2.19. The number of benzene rings is 2. The molecule has 2 aromatic rings. The number of ether oxygens (including phenoxy) is 2. The summed E-state index contributed by atoms with van der Waals surface area (Å²) in [4.78, 5) is 19.6. The Bertz CT molecular complexity index is 975. The van der Waals surface area contributed by atoms with Gasteiger partial charge in [-0.15, -0.1) is 0 Å². The smallest absolute Gasteiger partial charge is 0.260 e. The van der Waals surface area contributed by atoms with E-state index in [2.05, 4.69) is 37.9 Å². The van der Waals surface area contributed by atoms with Crippen molar-refractivity contribution in [2.45, 2.75) is 53.2 Å². The van der Waals surface area contributed by atoms with E-state index in [1.165, 1.54) is 0 Å². The molecule has 0 saturated carbocycles. The lowest BCUT2D eigenvalue weighted by molar-refractivity contribution is 0.0817. The van der Waals surface area contributed by atoms with Crippen molar-refractivity contribution >= 4 is 23.4 Å². The number of carbonyl (C=O) groups excluding carboxylic acids is 1. The van der Waals surface area contributed by atoms with E-state index < -0.39 is 0 Å². The van der Waals surface area contributed by atoms with Gasteiger partial charge in [-0.2, -0.15) is 0 Å². The van der Waals surface area contributed by atoms with E-state index in [0.29, 0.717) is 22.7 Å². The van der Waals surface area contributed by atoms with Gasteiger partial charge in [0.1, 0.15) is 0 Å². The van der Waals surface area contributed by atoms with E-state index >= 15 is 0 Å². The van der Waals surface area contributed by atoms with Gasteiger partial charge >= 0.3 is 0 Å². The summed E-state index contributed by atoms with van der Waals surface area (Å²) in [5.74, 6) is 1.89. The Hall–Kier alpha value is -3.08. The molecule has 4 rings (SSSR count). The van der Waals surface area contributed by atoms with Gasteiger partial charge in [0.15, 0.2) is 11.5 Å². The number of amides is 1. The molecule has 0 radical (unpaired) electrons. The van der Waals surface area contributed by atoms with Crippen molar-refractivity contribution in [1.29, 1.82) is 0 Å². The molecule has 5 nitrogen and oxygen atoms in total. The monoisotopic (exact) mass is 420 g/mol. The molecule has 2 aromatic carbocycles. The maximum Gasteiger partial charge on any atom is 0.260 e. The van der Waals surface area contributed by atoms with E-state index in [1.807, 2.05) is 44.5 Å². The van der Waals surface area contributed by atoms with Crippen molar-refractivity contribution in [2.24, 2.45) is 10.9 Å². The molecule has 31 heavy (non-hydrogen) atoms. The molecule has 0 N–H and O–H groups in total. The molecule has 1 unspecified atom stereocenters. The molecule has 0 spiro atoms. The van der Waals surface area contributed by atoms with Crippen LogP contribution in [-0.2, 0) is 0 Å². The van der Waals surface area contributed by atoms with Gasteiger partial charge in [-0.05, 0) is 37.0 Å². The Balaban J connectivity index is 0.000000628. The van der Waals surface area contributed by atoms with Crippen LogP contribution in [0, 0.1) is 5.92 Å². The number of carbonyl (C=O) groups is 1. The van der Waals surface area contributed by atoms with Gasteiger partial charge in [0, 0.05) is 24.9 Å². The quantitative estimate of drug-likeness (QED) is 0.599. The van der Waals surface area contributed by atoms with E-state index in [1.54, 1.807) is 24.1 Å². The Kier molecular flexibility index (Phi) is 7.16. The zero-order chi connectivity index (χ0) is 22.5. The topological polar surface area (TPSA) is 51.1 Å².